The molecule has 0 radical (unpaired) electrons. The van der Waals surface area contributed by atoms with E-state index < -0.39 is 7.26 Å². The number of hydrogen-bond acceptors (Lipinski definition) is 0. The SMILES string of the molecule is Cc1ccc([PH](c2ccccc2)(c2ccccc2)c2ccccc2)cc1.Cl.Cl. The summed E-state index contributed by atoms with van der Waals surface area (Å²) in [4.78, 5) is 0. The van der Waals surface area contributed by atoms with Crippen molar-refractivity contribution in [1.29, 1.82) is 0 Å². The fourth-order valence-electron chi connectivity index (χ4n) is 3.87. The van der Waals surface area contributed by atoms with Gasteiger partial charge in [0.05, 0.1) is 0 Å². The van der Waals surface area contributed by atoms with Gasteiger partial charge in [-0.25, -0.2) is 0 Å². The van der Waals surface area contributed by atoms with Crippen LogP contribution in [-0.4, -0.2) is 0 Å². The number of rotatable bonds is 4. The molecule has 0 unspecified atom stereocenters. The van der Waals surface area contributed by atoms with Crippen LogP contribution in [-0.2, 0) is 0 Å². The molecule has 0 fully saturated rings. The first kappa shape index (κ1) is 22.2. The average molecular weight is 427 g/mol. The number of halogens is 2. The van der Waals surface area contributed by atoms with Crippen LogP contribution in [0.2, 0.25) is 0 Å². The van der Waals surface area contributed by atoms with Gasteiger partial charge in [-0.05, 0) is 0 Å². The van der Waals surface area contributed by atoms with Crippen LogP contribution in [0.15, 0.2) is 115 Å². The maximum atomic E-state index is 2.33. The zero-order valence-corrected chi connectivity index (χ0v) is 18.4. The van der Waals surface area contributed by atoms with Crippen LogP contribution in [0.5, 0.6) is 0 Å². The summed E-state index contributed by atoms with van der Waals surface area (Å²) < 4.78 is 0. The molecule has 0 aliphatic heterocycles. The van der Waals surface area contributed by atoms with Crippen LogP contribution in [0.3, 0.4) is 0 Å². The predicted octanol–water partition coefficient (Wildman–Crippen LogP) is 5.19. The van der Waals surface area contributed by atoms with E-state index in [1.165, 1.54) is 26.8 Å². The molecule has 4 aromatic rings. The molecule has 0 atom stereocenters. The topological polar surface area (TPSA) is 0 Å². The number of benzene rings is 4. The summed E-state index contributed by atoms with van der Waals surface area (Å²) in [6.07, 6.45) is 0. The predicted molar refractivity (Wildman–Crippen MR) is 132 cm³/mol. The second-order valence-corrected chi connectivity index (χ2v) is 10.5. The van der Waals surface area contributed by atoms with E-state index in [2.05, 4.69) is 122 Å². The van der Waals surface area contributed by atoms with E-state index in [0.29, 0.717) is 0 Å². The molecule has 0 aliphatic rings. The third-order valence-corrected chi connectivity index (χ3v) is 9.90. The van der Waals surface area contributed by atoms with Gasteiger partial charge in [0.25, 0.3) is 0 Å². The second kappa shape index (κ2) is 9.89. The summed E-state index contributed by atoms with van der Waals surface area (Å²) in [5.74, 6) is 0. The van der Waals surface area contributed by atoms with Gasteiger partial charge >= 0.3 is 156 Å². The molecule has 0 amide bonds. The Labute approximate surface area is 180 Å². The van der Waals surface area contributed by atoms with Crippen LogP contribution in [0.1, 0.15) is 5.56 Å². The Kier molecular flexibility index (Phi) is 7.84. The maximum absolute atomic E-state index is 2.33. The fraction of sp³-hybridized carbons (Fsp3) is 0.0400. The zero-order valence-electron chi connectivity index (χ0n) is 15.8. The van der Waals surface area contributed by atoms with Gasteiger partial charge in [-0.15, -0.1) is 24.8 Å². The Bertz CT molecular complexity index is 873. The van der Waals surface area contributed by atoms with Gasteiger partial charge in [0.1, 0.15) is 0 Å². The molecule has 0 nitrogen and oxygen atoms in total. The minimum atomic E-state index is -2.32. The molecule has 0 aliphatic carbocycles. The molecule has 4 rings (SSSR count). The summed E-state index contributed by atoms with van der Waals surface area (Å²) >= 11 is 0. The first-order chi connectivity index (χ1) is 12.8. The van der Waals surface area contributed by atoms with Crippen molar-refractivity contribution in [2.45, 2.75) is 6.92 Å². The van der Waals surface area contributed by atoms with Gasteiger partial charge in [0, 0.05) is 0 Å². The Morgan fingerprint density at radius 1 is 0.393 bits per heavy atom. The third kappa shape index (κ3) is 4.01. The molecule has 0 aromatic heterocycles. The number of hydrogen-bond donors (Lipinski definition) is 0. The van der Waals surface area contributed by atoms with E-state index in [1.54, 1.807) is 0 Å². The van der Waals surface area contributed by atoms with E-state index in [0.717, 1.165) is 0 Å². The van der Waals surface area contributed by atoms with Crippen molar-refractivity contribution in [1.82, 2.24) is 0 Å². The van der Waals surface area contributed by atoms with E-state index in [1.807, 2.05) is 0 Å². The van der Waals surface area contributed by atoms with Crippen molar-refractivity contribution in [3.05, 3.63) is 121 Å². The van der Waals surface area contributed by atoms with E-state index >= 15 is 0 Å². The Morgan fingerprint density at radius 3 is 1.00 bits per heavy atom. The molecular formula is C25H25Cl2P. The minimum absolute atomic E-state index is 0. The molecule has 4 aromatic carbocycles. The Hall–Kier alpha value is -2.11. The van der Waals surface area contributed by atoms with Crippen LogP contribution in [0.4, 0.5) is 0 Å². The van der Waals surface area contributed by atoms with Crippen molar-refractivity contribution in [3.63, 3.8) is 0 Å². The van der Waals surface area contributed by atoms with Crippen molar-refractivity contribution in [3.8, 4) is 0 Å². The smallest absolute Gasteiger partial charge is 0.147 e. The monoisotopic (exact) mass is 426 g/mol. The minimum Gasteiger partial charge on any atom is -0.147 e. The van der Waals surface area contributed by atoms with Crippen molar-refractivity contribution < 1.29 is 0 Å². The molecule has 144 valence electrons. The Balaban J connectivity index is 0.00000140. The largest absolute Gasteiger partial charge is 0.147 e. The molecule has 0 N–H and O–H groups in total. The van der Waals surface area contributed by atoms with Crippen molar-refractivity contribution in [2.75, 3.05) is 0 Å². The van der Waals surface area contributed by atoms with Gasteiger partial charge in [0.2, 0.25) is 0 Å². The van der Waals surface area contributed by atoms with E-state index in [4.69, 9.17) is 0 Å². The zero-order chi connectivity index (χ0) is 17.8. The Morgan fingerprint density at radius 2 is 0.679 bits per heavy atom. The van der Waals surface area contributed by atoms with Crippen LogP contribution in [0, 0.1) is 6.92 Å². The second-order valence-electron chi connectivity index (χ2n) is 6.71. The summed E-state index contributed by atoms with van der Waals surface area (Å²) in [6.45, 7) is 2.15. The molecule has 0 spiro atoms. The summed E-state index contributed by atoms with van der Waals surface area (Å²) in [6, 6.07) is 42.2. The van der Waals surface area contributed by atoms with Gasteiger partial charge in [-0.3, -0.25) is 0 Å². The van der Waals surface area contributed by atoms with Gasteiger partial charge < -0.3 is 0 Å². The molecule has 28 heavy (non-hydrogen) atoms. The van der Waals surface area contributed by atoms with Crippen molar-refractivity contribution in [2.24, 2.45) is 0 Å². The van der Waals surface area contributed by atoms with Crippen LogP contribution >= 0.6 is 32.1 Å². The van der Waals surface area contributed by atoms with Gasteiger partial charge in [-0.1, -0.05) is 0 Å². The van der Waals surface area contributed by atoms with Gasteiger partial charge in [-0.2, -0.15) is 0 Å². The summed E-state index contributed by atoms with van der Waals surface area (Å²) in [5.41, 5.74) is 1.30. The van der Waals surface area contributed by atoms with Crippen LogP contribution < -0.4 is 21.2 Å². The molecule has 0 heterocycles. The van der Waals surface area contributed by atoms with Crippen molar-refractivity contribution >= 4 is 53.3 Å². The van der Waals surface area contributed by atoms with E-state index in [9.17, 15) is 0 Å². The maximum Gasteiger partial charge on any atom is -0.147 e. The quantitative estimate of drug-likeness (QED) is 0.393. The first-order valence-electron chi connectivity index (χ1n) is 9.05. The van der Waals surface area contributed by atoms with Crippen LogP contribution in [0.25, 0.3) is 0 Å². The standard InChI is InChI=1S/C25H23P.2ClH/c1-21-17-19-25(20-18-21)26(22-11-5-2-6-12-22,23-13-7-3-8-14-23)24-15-9-4-10-16-24;;/h2-20,26H,1H3;2*1H. The molecule has 3 heteroatoms. The fourth-order valence-corrected chi connectivity index (χ4v) is 8.61. The molecular weight excluding hydrogens is 402 g/mol. The summed E-state index contributed by atoms with van der Waals surface area (Å²) in [7, 11) is -2.32. The molecule has 0 saturated carbocycles. The number of aryl methyl sites for hydroxylation is 1. The first-order valence-corrected chi connectivity index (χ1v) is 11.1. The van der Waals surface area contributed by atoms with E-state index in [-0.39, 0.29) is 24.8 Å². The van der Waals surface area contributed by atoms with Gasteiger partial charge in [0.15, 0.2) is 0 Å². The summed E-state index contributed by atoms with van der Waals surface area (Å²) in [5, 5.41) is 5.68. The average Bonchev–Trinajstić information content (AvgIpc) is 2.72. The normalized spacial score (nSPS) is 11.0. The molecule has 0 saturated heterocycles. The molecule has 0 bridgehead atoms. The third-order valence-electron chi connectivity index (χ3n) is 5.10.